The summed E-state index contributed by atoms with van der Waals surface area (Å²) in [5.41, 5.74) is 0.297. The van der Waals surface area contributed by atoms with Crippen LogP contribution in [0.4, 0.5) is 0 Å². The van der Waals surface area contributed by atoms with Gasteiger partial charge in [-0.05, 0) is 19.1 Å². The first-order valence-electron chi connectivity index (χ1n) is 6.04. The summed E-state index contributed by atoms with van der Waals surface area (Å²) in [5.74, 6) is -0.145. The standard InChI is InChI=1S/C12H14ClN5O/c1-9(8-14)17-4-6-18(7-5-17)12(19)10-2-3-11(13)16-15-10/h2-3,9H,4-7H2,1H3. The summed E-state index contributed by atoms with van der Waals surface area (Å²) in [6, 6.07) is 5.21. The van der Waals surface area contributed by atoms with E-state index in [0.717, 1.165) is 0 Å². The van der Waals surface area contributed by atoms with Crippen molar-refractivity contribution in [2.75, 3.05) is 26.2 Å². The van der Waals surface area contributed by atoms with Gasteiger partial charge in [0.25, 0.3) is 5.91 Å². The van der Waals surface area contributed by atoms with Crippen LogP contribution in [0.2, 0.25) is 5.15 Å². The Balaban J connectivity index is 1.96. The van der Waals surface area contributed by atoms with E-state index in [1.54, 1.807) is 17.0 Å². The van der Waals surface area contributed by atoms with Crippen LogP contribution < -0.4 is 0 Å². The molecule has 0 N–H and O–H groups in total. The zero-order valence-corrected chi connectivity index (χ0v) is 11.3. The van der Waals surface area contributed by atoms with E-state index in [0.29, 0.717) is 31.9 Å². The Bertz CT molecular complexity index is 490. The molecule has 0 saturated carbocycles. The zero-order chi connectivity index (χ0) is 13.8. The number of piperazine rings is 1. The Hall–Kier alpha value is -1.71. The van der Waals surface area contributed by atoms with Crippen LogP contribution in [0, 0.1) is 11.3 Å². The average molecular weight is 280 g/mol. The van der Waals surface area contributed by atoms with E-state index in [2.05, 4.69) is 21.2 Å². The monoisotopic (exact) mass is 279 g/mol. The first kappa shape index (κ1) is 13.7. The minimum absolute atomic E-state index is 0.118. The maximum Gasteiger partial charge on any atom is 0.274 e. The number of aromatic nitrogens is 2. The molecular formula is C12H14ClN5O. The Morgan fingerprint density at radius 2 is 2.05 bits per heavy atom. The highest BCUT2D eigenvalue weighted by molar-refractivity contribution is 6.29. The van der Waals surface area contributed by atoms with Crippen LogP contribution in [0.25, 0.3) is 0 Å². The molecule has 7 heteroatoms. The number of nitrogens with zero attached hydrogens (tertiary/aromatic N) is 5. The number of amides is 1. The molecule has 1 unspecified atom stereocenters. The van der Waals surface area contributed by atoms with Gasteiger partial charge in [0, 0.05) is 26.2 Å². The van der Waals surface area contributed by atoms with Gasteiger partial charge in [0.15, 0.2) is 10.8 Å². The molecule has 19 heavy (non-hydrogen) atoms. The summed E-state index contributed by atoms with van der Waals surface area (Å²) < 4.78 is 0. The maximum atomic E-state index is 12.2. The number of carbonyl (C=O) groups is 1. The topological polar surface area (TPSA) is 73.1 Å². The van der Waals surface area contributed by atoms with Crippen LogP contribution in [0.3, 0.4) is 0 Å². The first-order chi connectivity index (χ1) is 9.11. The van der Waals surface area contributed by atoms with Crippen LogP contribution in [-0.2, 0) is 0 Å². The smallest absolute Gasteiger partial charge is 0.274 e. The van der Waals surface area contributed by atoms with Crippen molar-refractivity contribution in [1.29, 1.82) is 5.26 Å². The first-order valence-corrected chi connectivity index (χ1v) is 6.42. The van der Waals surface area contributed by atoms with Crippen molar-refractivity contribution in [3.63, 3.8) is 0 Å². The second-order valence-electron chi connectivity index (χ2n) is 4.37. The number of nitriles is 1. The Morgan fingerprint density at radius 1 is 1.37 bits per heavy atom. The van der Waals surface area contributed by atoms with Crippen molar-refractivity contribution in [2.45, 2.75) is 13.0 Å². The summed E-state index contributed by atoms with van der Waals surface area (Å²) >= 11 is 5.64. The Labute approximate surface area is 116 Å². The fourth-order valence-corrected chi connectivity index (χ4v) is 2.09. The third-order valence-electron chi connectivity index (χ3n) is 3.19. The van der Waals surface area contributed by atoms with Crippen molar-refractivity contribution in [3.8, 4) is 6.07 Å². The van der Waals surface area contributed by atoms with Gasteiger partial charge in [0.2, 0.25) is 0 Å². The molecule has 2 heterocycles. The number of hydrogen-bond acceptors (Lipinski definition) is 5. The van der Waals surface area contributed by atoms with Gasteiger partial charge < -0.3 is 4.90 Å². The van der Waals surface area contributed by atoms with Gasteiger partial charge in [-0.2, -0.15) is 5.26 Å². The second-order valence-corrected chi connectivity index (χ2v) is 4.76. The van der Waals surface area contributed by atoms with E-state index >= 15 is 0 Å². The lowest BCUT2D eigenvalue weighted by Gasteiger charge is -2.35. The van der Waals surface area contributed by atoms with E-state index in [-0.39, 0.29) is 17.1 Å². The van der Waals surface area contributed by atoms with E-state index in [1.807, 2.05) is 6.92 Å². The highest BCUT2D eigenvalue weighted by atomic mass is 35.5. The van der Waals surface area contributed by atoms with E-state index in [4.69, 9.17) is 16.9 Å². The van der Waals surface area contributed by atoms with E-state index < -0.39 is 0 Å². The summed E-state index contributed by atoms with van der Waals surface area (Å²) in [7, 11) is 0. The van der Waals surface area contributed by atoms with E-state index in [1.165, 1.54) is 0 Å². The van der Waals surface area contributed by atoms with Crippen molar-refractivity contribution in [1.82, 2.24) is 20.0 Å². The molecule has 1 aromatic rings. The molecule has 1 aliphatic heterocycles. The van der Waals surface area contributed by atoms with Gasteiger partial charge in [0.1, 0.15) is 0 Å². The van der Waals surface area contributed by atoms with Crippen molar-refractivity contribution < 1.29 is 4.79 Å². The minimum atomic E-state index is -0.145. The highest BCUT2D eigenvalue weighted by Crippen LogP contribution is 2.10. The fraction of sp³-hybridized carbons (Fsp3) is 0.500. The molecule has 1 atom stereocenters. The lowest BCUT2D eigenvalue weighted by molar-refractivity contribution is 0.0609. The summed E-state index contributed by atoms with van der Waals surface area (Å²) in [5, 5.41) is 16.6. The molecule has 0 radical (unpaired) electrons. The van der Waals surface area contributed by atoms with Crippen LogP contribution in [0.5, 0.6) is 0 Å². The van der Waals surface area contributed by atoms with Crippen LogP contribution in [0.15, 0.2) is 12.1 Å². The molecule has 0 aromatic carbocycles. The normalized spacial score (nSPS) is 17.8. The lowest BCUT2D eigenvalue weighted by Crippen LogP contribution is -2.51. The number of carbonyl (C=O) groups excluding carboxylic acids is 1. The Morgan fingerprint density at radius 3 is 2.58 bits per heavy atom. The maximum absolute atomic E-state index is 12.2. The third-order valence-corrected chi connectivity index (χ3v) is 3.39. The van der Waals surface area contributed by atoms with Gasteiger partial charge in [-0.3, -0.25) is 9.69 Å². The van der Waals surface area contributed by atoms with Crippen LogP contribution in [-0.4, -0.2) is 58.1 Å². The molecule has 0 aliphatic carbocycles. The molecule has 2 rings (SSSR count). The predicted octanol–water partition coefficient (Wildman–Crippen LogP) is 0.800. The van der Waals surface area contributed by atoms with Gasteiger partial charge >= 0.3 is 0 Å². The highest BCUT2D eigenvalue weighted by Gasteiger charge is 2.25. The average Bonchev–Trinajstić information content (AvgIpc) is 2.46. The molecule has 1 saturated heterocycles. The molecule has 1 amide bonds. The molecule has 100 valence electrons. The molecule has 1 aliphatic rings. The molecule has 0 spiro atoms. The summed E-state index contributed by atoms with van der Waals surface area (Å²) in [6.07, 6.45) is 0. The number of rotatable bonds is 2. The van der Waals surface area contributed by atoms with Gasteiger partial charge in [-0.15, -0.1) is 10.2 Å². The van der Waals surface area contributed by atoms with E-state index in [9.17, 15) is 4.79 Å². The SMILES string of the molecule is CC(C#N)N1CCN(C(=O)c2ccc(Cl)nn2)CC1. The van der Waals surface area contributed by atoms with Gasteiger partial charge in [-0.1, -0.05) is 11.6 Å². The molecule has 0 bridgehead atoms. The molecule has 1 aromatic heterocycles. The van der Waals surface area contributed by atoms with Crippen molar-refractivity contribution >= 4 is 17.5 Å². The van der Waals surface area contributed by atoms with Gasteiger partial charge in [-0.25, -0.2) is 0 Å². The van der Waals surface area contributed by atoms with Gasteiger partial charge in [0.05, 0.1) is 12.1 Å². The number of halogens is 1. The predicted molar refractivity (Wildman–Crippen MR) is 69.6 cm³/mol. The lowest BCUT2D eigenvalue weighted by atomic mass is 10.2. The van der Waals surface area contributed by atoms with Crippen molar-refractivity contribution in [3.05, 3.63) is 23.0 Å². The summed E-state index contributed by atoms with van der Waals surface area (Å²) in [4.78, 5) is 15.9. The molecule has 6 nitrogen and oxygen atoms in total. The van der Waals surface area contributed by atoms with Crippen molar-refractivity contribution in [2.24, 2.45) is 0 Å². The van der Waals surface area contributed by atoms with Crippen LogP contribution in [0.1, 0.15) is 17.4 Å². The fourth-order valence-electron chi connectivity index (χ4n) is 1.99. The zero-order valence-electron chi connectivity index (χ0n) is 10.6. The van der Waals surface area contributed by atoms with Crippen LogP contribution >= 0.6 is 11.6 Å². The second kappa shape index (κ2) is 5.95. The quantitative estimate of drug-likeness (QED) is 0.801. The molecule has 1 fully saturated rings. The third kappa shape index (κ3) is 3.19. The number of hydrogen-bond donors (Lipinski definition) is 0. The Kier molecular flexibility index (Phi) is 4.30. The molecular weight excluding hydrogens is 266 g/mol. The summed E-state index contributed by atoms with van der Waals surface area (Å²) in [6.45, 7) is 4.44. The minimum Gasteiger partial charge on any atom is -0.335 e. The largest absolute Gasteiger partial charge is 0.335 e.